The van der Waals surface area contributed by atoms with Crippen molar-refractivity contribution in [3.8, 4) is 10.4 Å². The van der Waals surface area contributed by atoms with Crippen LogP contribution in [0.15, 0.2) is 46.7 Å². The van der Waals surface area contributed by atoms with Gasteiger partial charge in [0.25, 0.3) is 10.0 Å². The first-order valence-corrected chi connectivity index (χ1v) is 6.76. The first-order valence-electron chi connectivity index (χ1n) is 4.40. The summed E-state index contributed by atoms with van der Waals surface area (Å²) in [7, 11) is -4.00. The van der Waals surface area contributed by atoms with Crippen LogP contribution in [0.1, 0.15) is 0 Å². The third-order valence-corrected chi connectivity index (χ3v) is 4.09. The SMILES string of the molecule is O=S(=O)(NF)c1ccc(-c2cccs2)cc1. The van der Waals surface area contributed by atoms with Crippen LogP contribution in [-0.4, -0.2) is 8.42 Å². The molecule has 0 radical (unpaired) electrons. The van der Waals surface area contributed by atoms with E-state index < -0.39 is 10.0 Å². The molecular weight excluding hydrogens is 249 g/mol. The van der Waals surface area contributed by atoms with Gasteiger partial charge < -0.3 is 0 Å². The number of benzene rings is 1. The predicted molar refractivity (Wildman–Crippen MR) is 61.2 cm³/mol. The third kappa shape index (κ3) is 2.13. The zero-order valence-corrected chi connectivity index (χ0v) is 9.69. The number of hydrogen-bond acceptors (Lipinski definition) is 3. The van der Waals surface area contributed by atoms with Crippen LogP contribution in [0.2, 0.25) is 0 Å². The van der Waals surface area contributed by atoms with Gasteiger partial charge in [0.1, 0.15) is 0 Å². The molecule has 0 amide bonds. The summed E-state index contributed by atoms with van der Waals surface area (Å²) in [6.45, 7) is 0. The largest absolute Gasteiger partial charge is 0.266 e. The fourth-order valence-corrected chi connectivity index (χ4v) is 2.60. The molecule has 84 valence electrons. The molecule has 1 aromatic heterocycles. The monoisotopic (exact) mass is 257 g/mol. The van der Waals surface area contributed by atoms with Gasteiger partial charge in [-0.15, -0.1) is 15.8 Å². The highest BCUT2D eigenvalue weighted by Gasteiger charge is 2.12. The van der Waals surface area contributed by atoms with Gasteiger partial charge in [0.05, 0.1) is 4.90 Å². The lowest BCUT2D eigenvalue weighted by Gasteiger charge is -2.01. The molecule has 0 aliphatic heterocycles. The maximum atomic E-state index is 12.0. The average molecular weight is 257 g/mol. The van der Waals surface area contributed by atoms with Gasteiger partial charge in [-0.2, -0.15) is 0 Å². The van der Waals surface area contributed by atoms with Crippen molar-refractivity contribution in [2.45, 2.75) is 4.90 Å². The zero-order chi connectivity index (χ0) is 11.6. The van der Waals surface area contributed by atoms with Crippen molar-refractivity contribution < 1.29 is 12.9 Å². The molecule has 0 aliphatic carbocycles. The Morgan fingerprint density at radius 1 is 1.12 bits per heavy atom. The standard InChI is InChI=1S/C10H8FNO2S2/c11-12-16(13,14)9-5-3-8(4-6-9)10-2-1-7-15-10/h1-7,12H. The Kier molecular flexibility index (Phi) is 3.04. The summed E-state index contributed by atoms with van der Waals surface area (Å²) >= 11 is 1.56. The molecule has 16 heavy (non-hydrogen) atoms. The Hall–Kier alpha value is -1.24. The smallest absolute Gasteiger partial charge is 0.205 e. The molecule has 0 bridgehead atoms. The number of hydrogen-bond donors (Lipinski definition) is 1. The molecule has 0 fully saturated rings. The maximum absolute atomic E-state index is 12.0. The highest BCUT2D eigenvalue weighted by atomic mass is 32.2. The Labute approximate surface area is 96.5 Å². The fraction of sp³-hybridized carbons (Fsp3) is 0. The van der Waals surface area contributed by atoms with Crippen LogP contribution >= 0.6 is 11.3 Å². The van der Waals surface area contributed by atoms with Gasteiger partial charge in [-0.05, 0) is 34.1 Å². The van der Waals surface area contributed by atoms with Gasteiger partial charge >= 0.3 is 0 Å². The number of sulfonamides is 1. The van der Waals surface area contributed by atoms with Crippen LogP contribution in [0.3, 0.4) is 0 Å². The van der Waals surface area contributed by atoms with E-state index in [9.17, 15) is 12.9 Å². The van der Waals surface area contributed by atoms with Crippen molar-refractivity contribution in [2.75, 3.05) is 0 Å². The van der Waals surface area contributed by atoms with E-state index in [1.165, 1.54) is 12.1 Å². The van der Waals surface area contributed by atoms with Crippen molar-refractivity contribution >= 4 is 21.4 Å². The first kappa shape index (κ1) is 11.3. The van der Waals surface area contributed by atoms with E-state index in [2.05, 4.69) is 0 Å². The van der Waals surface area contributed by atoms with Crippen molar-refractivity contribution in [3.63, 3.8) is 0 Å². The summed E-state index contributed by atoms with van der Waals surface area (Å²) in [5.74, 6) is 0. The lowest BCUT2D eigenvalue weighted by Crippen LogP contribution is -2.14. The Balaban J connectivity index is 2.38. The Morgan fingerprint density at radius 2 is 1.81 bits per heavy atom. The summed E-state index contributed by atoms with van der Waals surface area (Å²) in [4.78, 5) is 1.74. The second-order valence-electron chi connectivity index (χ2n) is 3.08. The van der Waals surface area contributed by atoms with Gasteiger partial charge in [0.15, 0.2) is 0 Å². The molecule has 3 nitrogen and oxygen atoms in total. The zero-order valence-electron chi connectivity index (χ0n) is 8.05. The van der Waals surface area contributed by atoms with E-state index in [0.717, 1.165) is 15.4 Å². The Bertz CT molecular complexity index is 561. The van der Waals surface area contributed by atoms with E-state index in [1.807, 2.05) is 17.5 Å². The molecule has 0 atom stereocenters. The molecule has 0 aliphatic rings. The van der Waals surface area contributed by atoms with E-state index in [1.54, 1.807) is 23.5 Å². The second kappa shape index (κ2) is 4.32. The topological polar surface area (TPSA) is 46.2 Å². The molecule has 2 rings (SSSR count). The molecule has 0 unspecified atom stereocenters. The quantitative estimate of drug-likeness (QED) is 0.859. The summed E-state index contributed by atoms with van der Waals surface area (Å²) in [5.41, 5.74) is 0.910. The number of rotatable bonds is 3. The first-order chi connectivity index (χ1) is 7.63. The van der Waals surface area contributed by atoms with Crippen LogP contribution in [-0.2, 0) is 10.0 Å². The fourth-order valence-electron chi connectivity index (χ4n) is 1.29. The third-order valence-electron chi connectivity index (χ3n) is 2.07. The van der Waals surface area contributed by atoms with E-state index >= 15 is 0 Å². The summed E-state index contributed by atoms with van der Waals surface area (Å²) in [6, 6.07) is 9.88. The number of halogens is 1. The molecular formula is C10H8FNO2S2. The van der Waals surface area contributed by atoms with E-state index in [4.69, 9.17) is 0 Å². The van der Waals surface area contributed by atoms with Gasteiger partial charge in [-0.25, -0.2) is 8.42 Å². The summed E-state index contributed by atoms with van der Waals surface area (Å²) in [6.07, 6.45) is 0. The molecule has 1 aromatic carbocycles. The highest BCUT2D eigenvalue weighted by Crippen LogP contribution is 2.25. The van der Waals surface area contributed by atoms with Crippen molar-refractivity contribution in [1.82, 2.24) is 4.94 Å². The van der Waals surface area contributed by atoms with Gasteiger partial charge in [-0.1, -0.05) is 18.2 Å². The lowest BCUT2D eigenvalue weighted by atomic mass is 10.2. The lowest BCUT2D eigenvalue weighted by molar-refractivity contribution is 0.425. The number of nitrogens with one attached hydrogen (secondary N) is 1. The van der Waals surface area contributed by atoms with Gasteiger partial charge in [-0.3, -0.25) is 0 Å². The van der Waals surface area contributed by atoms with Crippen LogP contribution in [0.4, 0.5) is 4.48 Å². The van der Waals surface area contributed by atoms with E-state index in [-0.39, 0.29) is 4.90 Å². The van der Waals surface area contributed by atoms with Crippen molar-refractivity contribution in [1.29, 1.82) is 0 Å². The van der Waals surface area contributed by atoms with Gasteiger partial charge in [0, 0.05) is 4.88 Å². The summed E-state index contributed by atoms with van der Waals surface area (Å²) < 4.78 is 34.2. The minimum atomic E-state index is -4.00. The summed E-state index contributed by atoms with van der Waals surface area (Å²) in [5, 5.41) is 1.93. The molecule has 0 spiro atoms. The number of thiophene rings is 1. The molecule has 0 saturated heterocycles. The highest BCUT2D eigenvalue weighted by molar-refractivity contribution is 7.89. The molecule has 6 heteroatoms. The minimum Gasteiger partial charge on any atom is -0.205 e. The van der Waals surface area contributed by atoms with Crippen LogP contribution in [0, 0.1) is 0 Å². The average Bonchev–Trinajstić information content (AvgIpc) is 2.83. The minimum absolute atomic E-state index is 0.0877. The normalized spacial score (nSPS) is 11.6. The molecule has 1 heterocycles. The van der Waals surface area contributed by atoms with Crippen molar-refractivity contribution in [2.24, 2.45) is 0 Å². The second-order valence-corrected chi connectivity index (χ2v) is 5.66. The Morgan fingerprint density at radius 3 is 2.31 bits per heavy atom. The predicted octanol–water partition coefficient (Wildman–Crippen LogP) is 2.58. The molecule has 0 saturated carbocycles. The molecule has 2 aromatic rings. The van der Waals surface area contributed by atoms with Gasteiger partial charge in [0.2, 0.25) is 0 Å². The molecule has 1 N–H and O–H groups in total. The van der Waals surface area contributed by atoms with Crippen LogP contribution in [0.25, 0.3) is 10.4 Å². The van der Waals surface area contributed by atoms with Crippen LogP contribution < -0.4 is 4.94 Å². The maximum Gasteiger partial charge on any atom is 0.266 e. The van der Waals surface area contributed by atoms with E-state index in [0.29, 0.717) is 0 Å². The van der Waals surface area contributed by atoms with Crippen LogP contribution in [0.5, 0.6) is 0 Å². The van der Waals surface area contributed by atoms with Crippen molar-refractivity contribution in [3.05, 3.63) is 41.8 Å².